The molecule has 0 aromatic heterocycles. The van der Waals surface area contributed by atoms with E-state index in [0.29, 0.717) is 16.9 Å². The van der Waals surface area contributed by atoms with Crippen molar-refractivity contribution in [2.24, 2.45) is 5.41 Å². The molecule has 0 aliphatic carbocycles. The number of hydrogen-bond acceptors (Lipinski definition) is 1. The molecule has 1 aromatic carbocycles. The minimum atomic E-state index is -0.479. The van der Waals surface area contributed by atoms with Crippen LogP contribution in [-0.4, -0.2) is 12.6 Å². The molecule has 114 valence electrons. The Balaban J connectivity index is 2.78. The predicted molar refractivity (Wildman–Crippen MR) is 83.9 cm³/mol. The van der Waals surface area contributed by atoms with Gasteiger partial charge >= 0.3 is 0 Å². The van der Waals surface area contributed by atoms with Crippen LogP contribution in [0.25, 0.3) is 0 Å². The highest BCUT2D eigenvalue weighted by molar-refractivity contribution is 9.10. The van der Waals surface area contributed by atoms with Gasteiger partial charge in [0.05, 0.1) is 4.47 Å². The van der Waals surface area contributed by atoms with Crippen molar-refractivity contribution in [1.82, 2.24) is 5.32 Å². The summed E-state index contributed by atoms with van der Waals surface area (Å²) in [6.07, 6.45) is 2.35. The fourth-order valence-corrected chi connectivity index (χ4v) is 2.95. The topological polar surface area (TPSA) is 12.0 Å². The first kappa shape index (κ1) is 17.6. The van der Waals surface area contributed by atoms with Crippen molar-refractivity contribution in [1.29, 1.82) is 0 Å². The molecule has 0 heterocycles. The standard InChI is InChI=1S/C16H24BrF2N/c1-5-8-20-11(2)9-16(3,4)10-12-14(18)7-6-13(17)15(12)19/h6-7,11,20H,5,8-10H2,1-4H3. The second-order valence-electron chi connectivity index (χ2n) is 6.22. The zero-order valence-electron chi connectivity index (χ0n) is 12.7. The lowest BCUT2D eigenvalue weighted by molar-refractivity contribution is 0.280. The maximum Gasteiger partial charge on any atom is 0.143 e. The van der Waals surface area contributed by atoms with Crippen molar-refractivity contribution in [3.8, 4) is 0 Å². The SMILES string of the molecule is CCCNC(C)CC(C)(C)Cc1c(F)ccc(Br)c1F. The van der Waals surface area contributed by atoms with E-state index in [2.05, 4.69) is 48.9 Å². The number of benzene rings is 1. The molecule has 0 bridgehead atoms. The molecule has 0 aliphatic rings. The molecule has 1 unspecified atom stereocenters. The Morgan fingerprint density at radius 2 is 1.95 bits per heavy atom. The summed E-state index contributed by atoms with van der Waals surface area (Å²) in [7, 11) is 0. The Bertz CT molecular complexity index is 446. The maximum atomic E-state index is 14.0. The highest BCUT2D eigenvalue weighted by Crippen LogP contribution is 2.32. The molecule has 20 heavy (non-hydrogen) atoms. The van der Waals surface area contributed by atoms with E-state index >= 15 is 0 Å². The molecule has 0 radical (unpaired) electrons. The lowest BCUT2D eigenvalue weighted by Crippen LogP contribution is -2.33. The van der Waals surface area contributed by atoms with Crippen LogP contribution in [0.15, 0.2) is 16.6 Å². The van der Waals surface area contributed by atoms with E-state index in [0.717, 1.165) is 19.4 Å². The molecule has 0 fully saturated rings. The van der Waals surface area contributed by atoms with Crippen molar-refractivity contribution in [2.75, 3.05) is 6.54 Å². The third-order valence-electron chi connectivity index (χ3n) is 3.40. The normalized spacial score (nSPS) is 13.6. The van der Waals surface area contributed by atoms with Gasteiger partial charge in [0.25, 0.3) is 0 Å². The van der Waals surface area contributed by atoms with Gasteiger partial charge in [-0.2, -0.15) is 0 Å². The smallest absolute Gasteiger partial charge is 0.143 e. The van der Waals surface area contributed by atoms with Crippen LogP contribution >= 0.6 is 15.9 Å². The molecule has 1 N–H and O–H groups in total. The van der Waals surface area contributed by atoms with Crippen molar-refractivity contribution in [2.45, 2.75) is 53.0 Å². The van der Waals surface area contributed by atoms with E-state index in [1.807, 2.05) is 0 Å². The number of rotatable bonds is 7. The van der Waals surface area contributed by atoms with E-state index in [4.69, 9.17) is 0 Å². The highest BCUT2D eigenvalue weighted by atomic mass is 79.9. The Morgan fingerprint density at radius 1 is 1.30 bits per heavy atom. The van der Waals surface area contributed by atoms with Crippen LogP contribution < -0.4 is 5.32 Å². The van der Waals surface area contributed by atoms with Gasteiger partial charge in [0.2, 0.25) is 0 Å². The van der Waals surface area contributed by atoms with Gasteiger partial charge < -0.3 is 5.32 Å². The summed E-state index contributed by atoms with van der Waals surface area (Å²) in [5.74, 6) is -0.944. The van der Waals surface area contributed by atoms with Gasteiger partial charge in [0.15, 0.2) is 0 Å². The average Bonchev–Trinajstić information content (AvgIpc) is 2.36. The number of hydrogen-bond donors (Lipinski definition) is 1. The summed E-state index contributed by atoms with van der Waals surface area (Å²) in [5.41, 5.74) is 0.00915. The largest absolute Gasteiger partial charge is 0.314 e. The number of halogens is 3. The fraction of sp³-hybridized carbons (Fsp3) is 0.625. The van der Waals surface area contributed by atoms with Gasteiger partial charge in [-0.15, -0.1) is 0 Å². The zero-order valence-corrected chi connectivity index (χ0v) is 14.3. The van der Waals surface area contributed by atoms with Gasteiger partial charge in [-0.3, -0.25) is 0 Å². The summed E-state index contributed by atoms with van der Waals surface area (Å²) >= 11 is 3.12. The van der Waals surface area contributed by atoms with Crippen LogP contribution in [0, 0.1) is 17.0 Å². The molecule has 0 amide bonds. The van der Waals surface area contributed by atoms with Crippen LogP contribution in [0.2, 0.25) is 0 Å². The van der Waals surface area contributed by atoms with Crippen molar-refractivity contribution >= 4 is 15.9 Å². The second kappa shape index (κ2) is 7.51. The molecule has 0 saturated heterocycles. The van der Waals surface area contributed by atoms with E-state index in [1.54, 1.807) is 0 Å². The highest BCUT2D eigenvalue weighted by Gasteiger charge is 2.25. The van der Waals surface area contributed by atoms with Gasteiger partial charge in [-0.05, 0) is 66.2 Å². The van der Waals surface area contributed by atoms with E-state index < -0.39 is 11.6 Å². The minimum absolute atomic E-state index is 0.164. The van der Waals surface area contributed by atoms with E-state index in [1.165, 1.54) is 12.1 Å². The Morgan fingerprint density at radius 3 is 2.55 bits per heavy atom. The van der Waals surface area contributed by atoms with Crippen molar-refractivity contribution in [3.05, 3.63) is 33.8 Å². The monoisotopic (exact) mass is 347 g/mol. The lowest BCUT2D eigenvalue weighted by Gasteiger charge is -2.29. The summed E-state index contributed by atoms with van der Waals surface area (Å²) in [6, 6.07) is 3.06. The molecular formula is C16H24BrF2N. The maximum absolute atomic E-state index is 14.0. The van der Waals surface area contributed by atoms with Gasteiger partial charge in [-0.25, -0.2) is 8.78 Å². The Hall–Kier alpha value is -0.480. The molecule has 4 heteroatoms. The summed E-state index contributed by atoms with van der Waals surface area (Å²) in [6.45, 7) is 9.31. The van der Waals surface area contributed by atoms with Gasteiger partial charge in [0.1, 0.15) is 11.6 Å². The average molecular weight is 348 g/mol. The summed E-state index contributed by atoms with van der Waals surface area (Å²) in [5, 5.41) is 3.42. The van der Waals surface area contributed by atoms with Crippen LogP contribution in [0.4, 0.5) is 8.78 Å². The van der Waals surface area contributed by atoms with Crippen molar-refractivity contribution in [3.63, 3.8) is 0 Å². The molecule has 1 nitrogen and oxygen atoms in total. The molecule has 1 atom stereocenters. The van der Waals surface area contributed by atoms with Crippen LogP contribution in [0.1, 0.15) is 46.1 Å². The first-order valence-corrected chi connectivity index (χ1v) is 7.92. The zero-order chi connectivity index (χ0) is 15.3. The van der Waals surface area contributed by atoms with Gasteiger partial charge in [0, 0.05) is 11.6 Å². The molecule has 0 aliphatic heterocycles. The first-order chi connectivity index (χ1) is 9.26. The fourth-order valence-electron chi connectivity index (χ4n) is 2.57. The third-order valence-corrected chi connectivity index (χ3v) is 4.01. The first-order valence-electron chi connectivity index (χ1n) is 7.12. The van der Waals surface area contributed by atoms with Crippen LogP contribution in [0.5, 0.6) is 0 Å². The third kappa shape index (κ3) is 5.13. The van der Waals surface area contributed by atoms with Crippen LogP contribution in [-0.2, 0) is 6.42 Å². The summed E-state index contributed by atoms with van der Waals surface area (Å²) in [4.78, 5) is 0. The van der Waals surface area contributed by atoms with Crippen molar-refractivity contribution < 1.29 is 8.78 Å². The minimum Gasteiger partial charge on any atom is -0.314 e. The predicted octanol–water partition coefficient (Wildman–Crippen LogP) is 5.07. The molecule has 1 rings (SSSR count). The van der Waals surface area contributed by atoms with Gasteiger partial charge in [-0.1, -0.05) is 20.8 Å². The van der Waals surface area contributed by atoms with Crippen LogP contribution in [0.3, 0.4) is 0 Å². The molecule has 0 spiro atoms. The summed E-state index contributed by atoms with van der Waals surface area (Å²) < 4.78 is 28.2. The molecule has 0 saturated carbocycles. The Kier molecular flexibility index (Phi) is 6.59. The molecular weight excluding hydrogens is 324 g/mol. The van der Waals surface area contributed by atoms with E-state index in [-0.39, 0.29) is 11.0 Å². The molecule has 1 aromatic rings. The Labute approximate surface area is 129 Å². The quantitative estimate of drug-likeness (QED) is 0.678. The number of nitrogens with one attached hydrogen (secondary N) is 1. The van der Waals surface area contributed by atoms with E-state index in [9.17, 15) is 8.78 Å². The second-order valence-corrected chi connectivity index (χ2v) is 7.08. The lowest BCUT2D eigenvalue weighted by atomic mass is 9.80.